The van der Waals surface area contributed by atoms with Crippen molar-refractivity contribution in [2.24, 2.45) is 17.8 Å². The van der Waals surface area contributed by atoms with Gasteiger partial charge in [-0.2, -0.15) is 0 Å². The van der Waals surface area contributed by atoms with Crippen molar-refractivity contribution in [1.29, 1.82) is 0 Å². The Morgan fingerprint density at radius 1 is 1.10 bits per heavy atom. The molecule has 0 radical (unpaired) electrons. The lowest BCUT2D eigenvalue weighted by Gasteiger charge is -2.36. The second kappa shape index (κ2) is 10.5. The maximum Gasteiger partial charge on any atom is 0.434 e. The van der Waals surface area contributed by atoms with Crippen LogP contribution in [0.5, 0.6) is 0 Å². The van der Waals surface area contributed by atoms with E-state index in [0.717, 1.165) is 62.1 Å². The van der Waals surface area contributed by atoms with E-state index >= 15 is 0 Å². The molecule has 2 aliphatic rings. The van der Waals surface area contributed by atoms with Crippen LogP contribution in [0.25, 0.3) is 34.1 Å². The van der Waals surface area contributed by atoms with E-state index in [-0.39, 0.29) is 17.6 Å². The fourth-order valence-electron chi connectivity index (χ4n) is 6.48. The SMILES string of the molecule is CC(O)(c1nc2nc(-c3n[nH]c(=O)o3)nc(-c3cccc(Cl)c3)c2n1C[C@H]1CC[C@H](C)CC1)C1CCCCC1. The van der Waals surface area contributed by atoms with E-state index in [1.807, 2.05) is 31.2 Å². The number of H-pyrrole nitrogens is 1. The van der Waals surface area contributed by atoms with E-state index in [1.54, 1.807) is 0 Å². The van der Waals surface area contributed by atoms with Crippen LogP contribution >= 0.6 is 11.6 Å². The zero-order chi connectivity index (χ0) is 27.1. The van der Waals surface area contributed by atoms with Crippen LogP contribution in [0.1, 0.15) is 77.5 Å². The molecule has 1 unspecified atom stereocenters. The molecule has 0 amide bonds. The van der Waals surface area contributed by atoms with Gasteiger partial charge in [0.25, 0.3) is 5.89 Å². The maximum atomic E-state index is 12.1. The van der Waals surface area contributed by atoms with Crippen LogP contribution in [-0.2, 0) is 12.1 Å². The lowest BCUT2D eigenvalue weighted by molar-refractivity contribution is -0.0322. The fraction of sp³-hybridized carbons (Fsp3) is 0.552. The van der Waals surface area contributed by atoms with Gasteiger partial charge < -0.3 is 14.1 Å². The highest BCUT2D eigenvalue weighted by Crippen LogP contribution is 2.42. The van der Waals surface area contributed by atoms with Gasteiger partial charge >= 0.3 is 5.76 Å². The summed E-state index contributed by atoms with van der Waals surface area (Å²) >= 11 is 6.41. The molecule has 0 aliphatic heterocycles. The summed E-state index contributed by atoms with van der Waals surface area (Å²) in [6.07, 6.45) is 10.0. The molecule has 1 atom stereocenters. The van der Waals surface area contributed by atoms with E-state index < -0.39 is 11.4 Å². The first-order valence-electron chi connectivity index (χ1n) is 14.1. The highest BCUT2D eigenvalue weighted by molar-refractivity contribution is 6.30. The summed E-state index contributed by atoms with van der Waals surface area (Å²) in [5.41, 5.74) is 1.47. The number of aliphatic hydroxyl groups is 1. The third-order valence-electron chi connectivity index (χ3n) is 8.76. The van der Waals surface area contributed by atoms with Crippen molar-refractivity contribution in [3.8, 4) is 23.0 Å². The van der Waals surface area contributed by atoms with Crippen LogP contribution in [0, 0.1) is 17.8 Å². The fourth-order valence-corrected chi connectivity index (χ4v) is 6.67. The second-order valence-electron chi connectivity index (χ2n) is 11.7. The molecule has 10 heteroatoms. The van der Waals surface area contributed by atoms with Gasteiger partial charge in [0.1, 0.15) is 22.6 Å². The first-order chi connectivity index (χ1) is 18.8. The number of hydrogen-bond acceptors (Lipinski definition) is 7. The van der Waals surface area contributed by atoms with Crippen molar-refractivity contribution in [3.05, 3.63) is 45.7 Å². The van der Waals surface area contributed by atoms with Crippen LogP contribution in [0.4, 0.5) is 0 Å². The van der Waals surface area contributed by atoms with Gasteiger partial charge in [-0.1, -0.05) is 62.8 Å². The molecule has 2 N–H and O–H groups in total. The number of nitrogens with one attached hydrogen (secondary N) is 1. The molecule has 4 aromatic rings. The summed E-state index contributed by atoms with van der Waals surface area (Å²) in [6, 6.07) is 7.49. The quantitative estimate of drug-likeness (QED) is 0.297. The third-order valence-corrected chi connectivity index (χ3v) is 8.99. The number of hydrogen-bond donors (Lipinski definition) is 2. The van der Waals surface area contributed by atoms with E-state index in [0.29, 0.717) is 28.1 Å². The van der Waals surface area contributed by atoms with Crippen LogP contribution in [-0.4, -0.2) is 34.8 Å². The van der Waals surface area contributed by atoms with Crippen molar-refractivity contribution >= 4 is 22.8 Å². The van der Waals surface area contributed by atoms with Gasteiger partial charge in [-0.25, -0.2) is 24.8 Å². The highest BCUT2D eigenvalue weighted by Gasteiger charge is 2.40. The number of aromatic nitrogens is 6. The molecule has 3 heterocycles. The Kier molecular flexibility index (Phi) is 7.05. The number of halogens is 1. The molecular formula is C29H35ClN6O3. The molecule has 1 aromatic carbocycles. The monoisotopic (exact) mass is 550 g/mol. The van der Waals surface area contributed by atoms with E-state index in [2.05, 4.69) is 21.7 Å². The average molecular weight is 551 g/mol. The van der Waals surface area contributed by atoms with Gasteiger partial charge in [0, 0.05) is 17.1 Å². The summed E-state index contributed by atoms with van der Waals surface area (Å²) in [5.74, 6) is 1.40. The summed E-state index contributed by atoms with van der Waals surface area (Å²) in [6.45, 7) is 4.96. The Morgan fingerprint density at radius 2 is 1.87 bits per heavy atom. The molecule has 2 aliphatic carbocycles. The Bertz CT molecular complexity index is 1530. The summed E-state index contributed by atoms with van der Waals surface area (Å²) in [5, 5.41) is 19.0. The Labute approximate surface area is 232 Å². The van der Waals surface area contributed by atoms with Crippen LogP contribution in [0.3, 0.4) is 0 Å². The second-order valence-corrected chi connectivity index (χ2v) is 12.1. The predicted octanol–water partition coefficient (Wildman–Crippen LogP) is 6.10. The van der Waals surface area contributed by atoms with Crippen molar-refractivity contribution in [3.63, 3.8) is 0 Å². The van der Waals surface area contributed by atoms with Gasteiger partial charge in [-0.3, -0.25) is 0 Å². The first kappa shape index (κ1) is 26.2. The Hall–Kier alpha value is -3.04. The molecular weight excluding hydrogens is 516 g/mol. The average Bonchev–Trinajstić information content (AvgIpc) is 3.54. The molecule has 39 heavy (non-hydrogen) atoms. The van der Waals surface area contributed by atoms with Crippen molar-refractivity contribution in [1.82, 2.24) is 29.7 Å². The summed E-state index contributed by atoms with van der Waals surface area (Å²) < 4.78 is 7.38. The van der Waals surface area contributed by atoms with Crippen LogP contribution < -0.4 is 5.76 Å². The van der Waals surface area contributed by atoms with Gasteiger partial charge in [-0.15, -0.1) is 5.10 Å². The minimum Gasteiger partial charge on any atom is -0.384 e. The van der Waals surface area contributed by atoms with Crippen molar-refractivity contribution < 1.29 is 9.52 Å². The number of rotatable bonds is 6. The maximum absolute atomic E-state index is 12.1. The van der Waals surface area contributed by atoms with Crippen molar-refractivity contribution in [2.75, 3.05) is 0 Å². The standard InChI is InChI=1S/C29H35ClN6O3/c1-17-11-13-18(14-12-17)16-36-23-22(19-7-6-10-21(30)15-19)31-25(26-34-35-28(37)39-26)32-24(23)33-27(36)29(2,38)20-8-4-3-5-9-20/h6-7,10,15,17-18,20,38H,3-5,8-9,11-14,16H2,1-2H3,(H,35,37)/t17-,18-,29?. The molecule has 3 aromatic heterocycles. The van der Waals surface area contributed by atoms with E-state index in [9.17, 15) is 9.90 Å². The van der Waals surface area contributed by atoms with Gasteiger partial charge in [-0.05, 0) is 62.5 Å². The van der Waals surface area contributed by atoms with Gasteiger partial charge in [0.2, 0.25) is 5.82 Å². The lowest BCUT2D eigenvalue weighted by Crippen LogP contribution is -2.37. The largest absolute Gasteiger partial charge is 0.434 e. The van der Waals surface area contributed by atoms with E-state index in [4.69, 9.17) is 31.0 Å². The normalized spacial score (nSPS) is 22.3. The third kappa shape index (κ3) is 5.14. The Balaban J connectivity index is 1.58. The molecule has 2 fully saturated rings. The van der Waals surface area contributed by atoms with Crippen LogP contribution in [0.2, 0.25) is 5.02 Å². The molecule has 0 spiro atoms. The van der Waals surface area contributed by atoms with Gasteiger partial charge in [0.15, 0.2) is 5.65 Å². The smallest absolute Gasteiger partial charge is 0.384 e. The number of fused-ring (bicyclic) bond motifs is 1. The van der Waals surface area contributed by atoms with Crippen LogP contribution in [0.15, 0.2) is 33.5 Å². The summed E-state index contributed by atoms with van der Waals surface area (Å²) in [4.78, 5) is 26.3. The lowest BCUT2D eigenvalue weighted by atomic mass is 9.77. The molecule has 206 valence electrons. The minimum absolute atomic E-state index is 0.0124. The zero-order valence-corrected chi connectivity index (χ0v) is 23.2. The number of benzene rings is 1. The molecule has 0 bridgehead atoms. The summed E-state index contributed by atoms with van der Waals surface area (Å²) in [7, 11) is 0. The predicted molar refractivity (Wildman–Crippen MR) is 149 cm³/mol. The number of imidazole rings is 1. The number of aromatic amines is 1. The molecule has 9 nitrogen and oxygen atoms in total. The first-order valence-corrected chi connectivity index (χ1v) is 14.5. The topological polar surface area (TPSA) is 123 Å². The van der Waals surface area contributed by atoms with Gasteiger partial charge in [0.05, 0.1) is 0 Å². The van der Waals surface area contributed by atoms with E-state index in [1.165, 1.54) is 19.3 Å². The van der Waals surface area contributed by atoms with Crippen molar-refractivity contribution in [2.45, 2.75) is 83.8 Å². The molecule has 6 rings (SSSR count). The minimum atomic E-state index is -1.13. The molecule has 2 saturated carbocycles. The Morgan fingerprint density at radius 3 is 2.56 bits per heavy atom. The highest BCUT2D eigenvalue weighted by atomic mass is 35.5. The number of nitrogens with zero attached hydrogens (tertiary/aromatic N) is 5. The molecule has 0 saturated heterocycles. The zero-order valence-electron chi connectivity index (χ0n) is 22.5.